The van der Waals surface area contributed by atoms with Crippen LogP contribution in [0.2, 0.25) is 18.1 Å². The van der Waals surface area contributed by atoms with Crippen LogP contribution in [0.1, 0.15) is 54.9 Å². The van der Waals surface area contributed by atoms with Crippen LogP contribution in [0.25, 0.3) is 0 Å². The molecule has 1 amide bonds. The molecule has 7 nitrogen and oxygen atoms in total. The third-order valence-corrected chi connectivity index (χ3v) is 14.0. The number of rotatable bonds is 6. The number of hydrogen-bond acceptors (Lipinski definition) is 6. The Balaban J connectivity index is 1.93. The molecule has 0 radical (unpaired) electrons. The van der Waals surface area contributed by atoms with Gasteiger partial charge < -0.3 is 23.9 Å². The van der Waals surface area contributed by atoms with Crippen LogP contribution in [0.5, 0.6) is 0 Å². The number of carbonyl (C=O) groups excluding carboxylic acids is 2. The lowest BCUT2D eigenvalue weighted by molar-refractivity contribution is -0.132. The first-order valence-corrected chi connectivity index (χ1v) is 16.0. The van der Waals surface area contributed by atoms with Crippen LogP contribution >= 0.6 is 0 Å². The molecule has 36 heavy (non-hydrogen) atoms. The summed E-state index contributed by atoms with van der Waals surface area (Å²) in [5, 5.41) is 12.6. The Morgan fingerprint density at radius 2 is 1.81 bits per heavy atom. The Bertz CT molecular complexity index is 1050. The summed E-state index contributed by atoms with van der Waals surface area (Å²) < 4.78 is 18.2. The minimum Gasteiger partial charge on any atom is -0.410 e. The number of aliphatic hydroxyl groups is 1. The number of nitrogens with zero attached hydrogens (tertiary/aromatic N) is 1. The summed E-state index contributed by atoms with van der Waals surface area (Å²) in [6.07, 6.45) is 4.80. The maximum atomic E-state index is 13.9. The highest BCUT2D eigenvalue weighted by atomic mass is 28.4. The molecule has 200 valence electrons. The van der Waals surface area contributed by atoms with Crippen molar-refractivity contribution >= 4 is 20.0 Å². The summed E-state index contributed by atoms with van der Waals surface area (Å²) in [5.74, 6) is -1.28. The molecule has 0 aromatic rings. The molecule has 2 heterocycles. The maximum Gasteiger partial charge on any atom is 0.233 e. The fraction of sp³-hybridized carbons (Fsp3) is 0.714. The summed E-state index contributed by atoms with van der Waals surface area (Å²) in [4.78, 5) is 28.7. The van der Waals surface area contributed by atoms with Gasteiger partial charge in [0, 0.05) is 19.1 Å². The van der Waals surface area contributed by atoms with E-state index in [4.69, 9.17) is 13.9 Å². The number of carbonyl (C=O) groups is 2. The molecule has 2 fully saturated rings. The van der Waals surface area contributed by atoms with E-state index in [1.54, 1.807) is 18.1 Å². The Morgan fingerprint density at radius 1 is 1.17 bits per heavy atom. The molecular weight excluding hydrogens is 474 g/mol. The number of ketones is 1. The molecule has 2 aliphatic carbocycles. The SMILES string of the molecule is CC[C@@]12C=C(C)[C@@H]3[C@@H](C)[C@H](O[Si](C)(C)C(C)(C)C)C4=CC(=O)C=C(N1C(=O)[C@H](C)[C@H]2OCOC)[C@]43O. The Morgan fingerprint density at radius 3 is 2.36 bits per heavy atom. The van der Waals surface area contributed by atoms with E-state index in [9.17, 15) is 14.7 Å². The largest absolute Gasteiger partial charge is 0.410 e. The summed E-state index contributed by atoms with van der Waals surface area (Å²) in [5.41, 5.74) is -0.422. The summed E-state index contributed by atoms with van der Waals surface area (Å²) in [7, 11) is -0.679. The van der Waals surface area contributed by atoms with Crippen LogP contribution in [-0.2, 0) is 23.5 Å². The molecule has 0 aromatic heterocycles. The molecule has 1 saturated heterocycles. The normalized spacial score (nSPS) is 38.4. The van der Waals surface area contributed by atoms with E-state index in [-0.39, 0.29) is 35.4 Å². The molecular formula is C28H43NO6Si. The lowest BCUT2D eigenvalue weighted by atomic mass is 9.76. The molecule has 8 heteroatoms. The third-order valence-electron chi connectivity index (χ3n) is 9.51. The summed E-state index contributed by atoms with van der Waals surface area (Å²) in [6.45, 7) is 19.0. The zero-order chi connectivity index (χ0) is 27.0. The second-order valence-corrected chi connectivity index (χ2v) is 17.4. The fourth-order valence-electron chi connectivity index (χ4n) is 6.78. The highest BCUT2D eigenvalue weighted by Gasteiger charge is 2.68. The average Bonchev–Trinajstić information content (AvgIpc) is 3.06. The minimum absolute atomic E-state index is 0.0353. The first-order chi connectivity index (χ1) is 16.6. The second-order valence-electron chi connectivity index (χ2n) is 12.6. The van der Waals surface area contributed by atoms with Gasteiger partial charge in [0.05, 0.1) is 29.4 Å². The van der Waals surface area contributed by atoms with Crippen molar-refractivity contribution in [3.63, 3.8) is 0 Å². The van der Waals surface area contributed by atoms with Gasteiger partial charge in [-0.2, -0.15) is 0 Å². The first-order valence-electron chi connectivity index (χ1n) is 13.1. The Hall–Kier alpha value is -1.58. The summed E-state index contributed by atoms with van der Waals surface area (Å²) in [6, 6.07) is 0. The van der Waals surface area contributed by atoms with Gasteiger partial charge in [-0.3, -0.25) is 9.59 Å². The number of fused-ring (bicyclic) bond motifs is 2. The molecule has 7 atom stereocenters. The molecule has 0 aromatic carbocycles. The van der Waals surface area contributed by atoms with Crippen LogP contribution in [0, 0.1) is 17.8 Å². The van der Waals surface area contributed by atoms with Crippen molar-refractivity contribution in [3.05, 3.63) is 35.1 Å². The fourth-order valence-corrected chi connectivity index (χ4v) is 8.11. The van der Waals surface area contributed by atoms with E-state index in [0.29, 0.717) is 17.7 Å². The number of ether oxygens (including phenoxy) is 2. The molecule has 0 spiro atoms. The predicted molar refractivity (Wildman–Crippen MR) is 140 cm³/mol. The van der Waals surface area contributed by atoms with Crippen molar-refractivity contribution in [1.29, 1.82) is 0 Å². The van der Waals surface area contributed by atoms with E-state index in [1.165, 1.54) is 6.08 Å². The smallest absolute Gasteiger partial charge is 0.233 e. The number of methoxy groups -OCH3 is 1. The zero-order valence-corrected chi connectivity index (χ0v) is 24.5. The molecule has 0 bridgehead atoms. The number of hydrogen-bond donors (Lipinski definition) is 1. The highest BCUT2D eigenvalue weighted by Crippen LogP contribution is 2.60. The molecule has 4 rings (SSSR count). The van der Waals surface area contributed by atoms with Gasteiger partial charge in [-0.25, -0.2) is 0 Å². The predicted octanol–water partition coefficient (Wildman–Crippen LogP) is 4.34. The highest BCUT2D eigenvalue weighted by molar-refractivity contribution is 6.74. The number of amides is 1. The van der Waals surface area contributed by atoms with Gasteiger partial charge >= 0.3 is 0 Å². The van der Waals surface area contributed by atoms with E-state index >= 15 is 0 Å². The molecule has 2 aliphatic heterocycles. The van der Waals surface area contributed by atoms with Crippen LogP contribution < -0.4 is 0 Å². The van der Waals surface area contributed by atoms with Gasteiger partial charge in [0.25, 0.3) is 0 Å². The van der Waals surface area contributed by atoms with E-state index in [0.717, 1.165) is 5.57 Å². The first kappa shape index (κ1) is 27.5. The van der Waals surface area contributed by atoms with E-state index in [2.05, 4.69) is 46.9 Å². The lowest BCUT2D eigenvalue weighted by Crippen LogP contribution is -2.55. The van der Waals surface area contributed by atoms with Crippen molar-refractivity contribution in [2.75, 3.05) is 13.9 Å². The van der Waals surface area contributed by atoms with Crippen molar-refractivity contribution in [2.24, 2.45) is 17.8 Å². The quantitative estimate of drug-likeness (QED) is 0.320. The maximum absolute atomic E-state index is 13.9. The van der Waals surface area contributed by atoms with E-state index in [1.807, 2.05) is 20.8 Å². The van der Waals surface area contributed by atoms with Crippen LogP contribution in [0.15, 0.2) is 35.1 Å². The zero-order valence-electron chi connectivity index (χ0n) is 23.5. The Kier molecular flexibility index (Phi) is 6.66. The monoisotopic (exact) mass is 517 g/mol. The van der Waals surface area contributed by atoms with Gasteiger partial charge in [-0.1, -0.05) is 53.2 Å². The minimum atomic E-state index is -2.24. The van der Waals surface area contributed by atoms with Gasteiger partial charge in [-0.05, 0) is 49.0 Å². The van der Waals surface area contributed by atoms with E-state index < -0.39 is 37.6 Å². The second kappa shape index (κ2) is 8.73. The van der Waals surface area contributed by atoms with Crippen molar-refractivity contribution < 1.29 is 28.6 Å². The molecule has 1 saturated carbocycles. The van der Waals surface area contributed by atoms with Crippen LogP contribution in [0.3, 0.4) is 0 Å². The van der Waals surface area contributed by atoms with Gasteiger partial charge in [-0.15, -0.1) is 0 Å². The molecule has 4 aliphatic rings. The van der Waals surface area contributed by atoms with Crippen molar-refractivity contribution in [2.45, 2.75) is 96.4 Å². The topological polar surface area (TPSA) is 85.3 Å². The van der Waals surface area contributed by atoms with Crippen LogP contribution in [-0.4, -0.2) is 67.3 Å². The lowest BCUT2D eigenvalue weighted by Gasteiger charge is -2.45. The van der Waals surface area contributed by atoms with Crippen LogP contribution in [0.4, 0.5) is 0 Å². The number of allylic oxidation sites excluding steroid dienone is 2. The van der Waals surface area contributed by atoms with Gasteiger partial charge in [0.2, 0.25) is 5.91 Å². The van der Waals surface area contributed by atoms with Crippen molar-refractivity contribution in [3.8, 4) is 0 Å². The van der Waals surface area contributed by atoms with Gasteiger partial charge in [0.15, 0.2) is 14.1 Å². The Labute approximate surface area is 216 Å². The third kappa shape index (κ3) is 3.59. The van der Waals surface area contributed by atoms with Crippen molar-refractivity contribution in [1.82, 2.24) is 4.90 Å². The average molecular weight is 518 g/mol. The molecule has 1 N–H and O–H groups in total. The molecule has 0 unspecified atom stereocenters. The van der Waals surface area contributed by atoms with Gasteiger partial charge in [0.1, 0.15) is 12.4 Å². The summed E-state index contributed by atoms with van der Waals surface area (Å²) >= 11 is 0. The standard InChI is InChI=1S/C28H43NO6Si/c1-11-27-14-16(2)22-17(3)23(35-36(9,10)26(5,6)7)20-12-19(30)13-21(28(20,22)32)29(27)25(31)18(4)24(27)34-15-33-8/h12-14,17-18,22-24,32H,11,15H2,1-10H3/t17-,18-,22-,23+,24-,27+,28-/m1/s1.